The van der Waals surface area contributed by atoms with Crippen LogP contribution in [0.5, 0.6) is 5.75 Å². The Balaban J connectivity index is 1.76. The monoisotopic (exact) mass is 344 g/mol. The number of halogens is 2. The van der Waals surface area contributed by atoms with Gasteiger partial charge in [0.05, 0.1) is 11.2 Å². The van der Waals surface area contributed by atoms with Crippen LogP contribution in [-0.4, -0.2) is 22.6 Å². The molecule has 2 aromatic heterocycles. The van der Waals surface area contributed by atoms with Gasteiger partial charge < -0.3 is 15.4 Å². The van der Waals surface area contributed by atoms with E-state index in [0.717, 1.165) is 5.56 Å². The number of urea groups is 1. The molecule has 0 bridgehead atoms. The number of nitrogens with zero attached hydrogens (tertiary/aromatic N) is 2. The number of aromatic nitrogens is 2. The van der Waals surface area contributed by atoms with Crippen LogP contribution in [0.2, 0.25) is 0 Å². The molecule has 2 heterocycles. The number of amides is 2. The van der Waals surface area contributed by atoms with Gasteiger partial charge in [-0.2, -0.15) is 8.78 Å². The average Bonchev–Trinajstić information content (AvgIpc) is 2.62. The van der Waals surface area contributed by atoms with E-state index in [1.54, 1.807) is 36.7 Å². The number of rotatable bonds is 5. The van der Waals surface area contributed by atoms with Gasteiger partial charge in [0.2, 0.25) is 0 Å². The molecule has 0 spiro atoms. The van der Waals surface area contributed by atoms with E-state index in [-0.39, 0.29) is 5.75 Å². The number of ether oxygens (including phenoxy) is 1. The fourth-order valence-electron chi connectivity index (χ4n) is 2.30. The maximum atomic E-state index is 12.5. The minimum Gasteiger partial charge on any atom is -0.434 e. The molecule has 0 saturated carbocycles. The second kappa shape index (κ2) is 7.52. The molecule has 0 aliphatic carbocycles. The molecule has 0 unspecified atom stereocenters. The Morgan fingerprint density at radius 2 is 1.92 bits per heavy atom. The molecule has 2 N–H and O–H groups in total. The topological polar surface area (TPSA) is 76.1 Å². The molecule has 0 atom stereocenters. The lowest BCUT2D eigenvalue weighted by molar-refractivity contribution is -0.0487. The van der Waals surface area contributed by atoms with E-state index in [2.05, 4.69) is 25.3 Å². The predicted molar refractivity (Wildman–Crippen MR) is 88.5 cm³/mol. The normalized spacial score (nSPS) is 10.7. The minimum absolute atomic E-state index is 0.000781. The van der Waals surface area contributed by atoms with Gasteiger partial charge in [0.25, 0.3) is 0 Å². The van der Waals surface area contributed by atoms with Crippen LogP contribution in [-0.2, 0) is 6.54 Å². The van der Waals surface area contributed by atoms with Crippen molar-refractivity contribution in [2.24, 2.45) is 0 Å². The third-order valence-electron chi connectivity index (χ3n) is 3.40. The molecular formula is C17H14F2N4O2. The molecule has 25 heavy (non-hydrogen) atoms. The minimum atomic E-state index is -2.94. The summed E-state index contributed by atoms with van der Waals surface area (Å²) < 4.78 is 29.5. The van der Waals surface area contributed by atoms with Gasteiger partial charge in [-0.1, -0.05) is 0 Å². The first kappa shape index (κ1) is 16.6. The fourth-order valence-corrected chi connectivity index (χ4v) is 2.30. The van der Waals surface area contributed by atoms with Crippen LogP contribution in [0.4, 0.5) is 19.3 Å². The number of carbonyl (C=O) groups is 1. The molecule has 3 aromatic rings. The number of carbonyl (C=O) groups excluding carboxylic acids is 1. The highest BCUT2D eigenvalue weighted by molar-refractivity contribution is 6.01. The molecule has 0 radical (unpaired) electrons. The summed E-state index contributed by atoms with van der Waals surface area (Å²) in [7, 11) is 0. The van der Waals surface area contributed by atoms with Crippen LogP contribution in [0.15, 0.2) is 55.0 Å². The zero-order chi connectivity index (χ0) is 17.6. The Morgan fingerprint density at radius 3 is 2.68 bits per heavy atom. The van der Waals surface area contributed by atoms with Gasteiger partial charge in [-0.3, -0.25) is 9.97 Å². The lowest BCUT2D eigenvalue weighted by Crippen LogP contribution is -2.28. The van der Waals surface area contributed by atoms with E-state index in [0.29, 0.717) is 23.1 Å². The summed E-state index contributed by atoms with van der Waals surface area (Å²) in [6.07, 6.45) is 4.77. The second-order valence-corrected chi connectivity index (χ2v) is 5.05. The lowest BCUT2D eigenvalue weighted by atomic mass is 10.1. The van der Waals surface area contributed by atoms with Crippen LogP contribution in [0, 0.1) is 0 Å². The van der Waals surface area contributed by atoms with Gasteiger partial charge in [0, 0.05) is 30.5 Å². The highest BCUT2D eigenvalue weighted by atomic mass is 19.3. The maximum absolute atomic E-state index is 12.5. The molecule has 0 aliphatic rings. The predicted octanol–water partition coefficient (Wildman–Crippen LogP) is 3.55. The van der Waals surface area contributed by atoms with E-state index in [4.69, 9.17) is 0 Å². The highest BCUT2D eigenvalue weighted by Gasteiger charge is 2.13. The van der Waals surface area contributed by atoms with Crippen molar-refractivity contribution >= 4 is 22.6 Å². The van der Waals surface area contributed by atoms with Crippen molar-refractivity contribution in [2.75, 3.05) is 5.32 Å². The largest absolute Gasteiger partial charge is 0.434 e. The Morgan fingerprint density at radius 1 is 1.12 bits per heavy atom. The summed E-state index contributed by atoms with van der Waals surface area (Å²) in [6, 6.07) is 9.18. The van der Waals surface area contributed by atoms with Crippen molar-refractivity contribution in [3.8, 4) is 5.75 Å². The Bertz CT molecular complexity index is 875. The Hall–Kier alpha value is -3.29. The standard InChI is InChI=1S/C17H14F2N4O2/c18-16(19)25-14-4-3-13(15-12(14)2-1-7-21-15)23-17(24)22-10-11-5-8-20-9-6-11/h1-9,16H,10H2,(H2,22,23,24). The number of alkyl halides is 2. The number of hydrogen-bond donors (Lipinski definition) is 2. The summed E-state index contributed by atoms with van der Waals surface area (Å²) in [5, 5.41) is 5.75. The smallest absolute Gasteiger partial charge is 0.387 e. The molecule has 2 amide bonds. The number of fused-ring (bicyclic) bond motifs is 1. The molecule has 0 fully saturated rings. The van der Waals surface area contributed by atoms with Gasteiger partial charge in [0.1, 0.15) is 5.75 Å². The molecule has 8 heteroatoms. The van der Waals surface area contributed by atoms with E-state index >= 15 is 0 Å². The van der Waals surface area contributed by atoms with Gasteiger partial charge >= 0.3 is 12.6 Å². The van der Waals surface area contributed by atoms with Crippen molar-refractivity contribution in [1.29, 1.82) is 0 Å². The Labute approximate surface area is 141 Å². The highest BCUT2D eigenvalue weighted by Crippen LogP contribution is 2.30. The third-order valence-corrected chi connectivity index (χ3v) is 3.40. The van der Waals surface area contributed by atoms with Crippen molar-refractivity contribution in [1.82, 2.24) is 15.3 Å². The van der Waals surface area contributed by atoms with Crippen molar-refractivity contribution in [2.45, 2.75) is 13.2 Å². The second-order valence-electron chi connectivity index (χ2n) is 5.05. The first-order chi connectivity index (χ1) is 12.1. The number of hydrogen-bond acceptors (Lipinski definition) is 4. The van der Waals surface area contributed by atoms with Gasteiger partial charge in [-0.05, 0) is 42.0 Å². The molecule has 0 aliphatic heterocycles. The summed E-state index contributed by atoms with van der Waals surface area (Å²) in [4.78, 5) is 20.1. The molecule has 6 nitrogen and oxygen atoms in total. The van der Waals surface area contributed by atoms with E-state index in [1.807, 2.05) is 0 Å². The molecule has 0 saturated heterocycles. The first-order valence-corrected chi connectivity index (χ1v) is 7.40. The third kappa shape index (κ3) is 4.17. The molecular weight excluding hydrogens is 330 g/mol. The first-order valence-electron chi connectivity index (χ1n) is 7.40. The molecule has 3 rings (SSSR count). The summed E-state index contributed by atoms with van der Waals surface area (Å²) >= 11 is 0. The Kier molecular flexibility index (Phi) is 4.98. The number of benzene rings is 1. The van der Waals surface area contributed by atoms with Crippen LogP contribution < -0.4 is 15.4 Å². The van der Waals surface area contributed by atoms with Crippen LogP contribution in [0.1, 0.15) is 5.56 Å². The number of nitrogens with one attached hydrogen (secondary N) is 2. The van der Waals surface area contributed by atoms with Gasteiger partial charge in [-0.25, -0.2) is 4.79 Å². The van der Waals surface area contributed by atoms with Gasteiger partial charge in [-0.15, -0.1) is 0 Å². The zero-order valence-corrected chi connectivity index (χ0v) is 12.9. The number of pyridine rings is 2. The van der Waals surface area contributed by atoms with E-state index in [1.165, 1.54) is 18.3 Å². The lowest BCUT2D eigenvalue weighted by Gasteiger charge is -2.12. The van der Waals surface area contributed by atoms with Crippen molar-refractivity contribution in [3.63, 3.8) is 0 Å². The van der Waals surface area contributed by atoms with E-state index in [9.17, 15) is 13.6 Å². The van der Waals surface area contributed by atoms with Crippen molar-refractivity contribution in [3.05, 3.63) is 60.6 Å². The molecule has 128 valence electrons. The van der Waals surface area contributed by atoms with Crippen LogP contribution in [0.3, 0.4) is 0 Å². The van der Waals surface area contributed by atoms with Crippen LogP contribution in [0.25, 0.3) is 10.9 Å². The maximum Gasteiger partial charge on any atom is 0.387 e. The fraction of sp³-hybridized carbons (Fsp3) is 0.118. The zero-order valence-electron chi connectivity index (χ0n) is 12.9. The summed E-state index contributed by atoms with van der Waals surface area (Å²) in [5.74, 6) is 0.000781. The van der Waals surface area contributed by atoms with Crippen LogP contribution >= 0.6 is 0 Å². The summed E-state index contributed by atoms with van der Waals surface area (Å²) in [5.41, 5.74) is 1.65. The van der Waals surface area contributed by atoms with Crippen molar-refractivity contribution < 1.29 is 18.3 Å². The number of anilines is 1. The van der Waals surface area contributed by atoms with Gasteiger partial charge in [0.15, 0.2) is 0 Å². The SMILES string of the molecule is O=C(NCc1ccncc1)Nc1ccc(OC(F)F)c2cccnc12. The van der Waals surface area contributed by atoms with E-state index < -0.39 is 12.6 Å². The quantitative estimate of drug-likeness (QED) is 0.742. The average molecular weight is 344 g/mol. The molecule has 1 aromatic carbocycles. The summed E-state index contributed by atoms with van der Waals surface area (Å²) in [6.45, 7) is -2.61.